The maximum atomic E-state index is 11.2. The summed E-state index contributed by atoms with van der Waals surface area (Å²) in [6.45, 7) is 0. The van der Waals surface area contributed by atoms with Crippen LogP contribution in [0.3, 0.4) is 0 Å². The van der Waals surface area contributed by atoms with Crippen LogP contribution < -0.4 is 10.1 Å². The summed E-state index contributed by atoms with van der Waals surface area (Å²) in [4.78, 5) is 30.5. The molecule has 0 unspecified atom stereocenters. The van der Waals surface area contributed by atoms with Gasteiger partial charge in [0.05, 0.1) is 28.9 Å². The summed E-state index contributed by atoms with van der Waals surface area (Å²) in [6.07, 6.45) is 1.28. The molecule has 0 bridgehead atoms. The van der Waals surface area contributed by atoms with Gasteiger partial charge >= 0.3 is 11.9 Å². The van der Waals surface area contributed by atoms with Crippen LogP contribution >= 0.6 is 11.6 Å². The monoisotopic (exact) mass is 373 g/mol. The Hall–Kier alpha value is -3.39. The van der Waals surface area contributed by atoms with E-state index in [1.807, 2.05) is 0 Å². The summed E-state index contributed by atoms with van der Waals surface area (Å²) in [6, 6.07) is 7.18. The Kier molecular flexibility index (Phi) is 4.59. The van der Waals surface area contributed by atoms with Gasteiger partial charge < -0.3 is 20.3 Å². The molecule has 0 atom stereocenters. The highest BCUT2D eigenvalue weighted by Crippen LogP contribution is 2.34. The molecule has 0 aliphatic carbocycles. The first kappa shape index (κ1) is 17.4. The highest BCUT2D eigenvalue weighted by Gasteiger charge is 2.16. The smallest absolute Gasteiger partial charge is 0.339 e. The molecule has 0 saturated carbocycles. The number of halogens is 1. The summed E-state index contributed by atoms with van der Waals surface area (Å²) in [5.41, 5.74) is 0.859. The number of methoxy groups -OCH3 is 1. The van der Waals surface area contributed by atoms with Gasteiger partial charge in [-0.3, -0.25) is 0 Å². The molecule has 1 heterocycles. The molecular weight excluding hydrogens is 362 g/mol. The number of hydrogen-bond donors (Lipinski definition) is 3. The molecule has 0 aliphatic heterocycles. The predicted octanol–water partition coefficient (Wildman–Crippen LogP) is 3.43. The predicted molar refractivity (Wildman–Crippen MR) is 94.7 cm³/mol. The maximum absolute atomic E-state index is 11.2. The molecule has 132 valence electrons. The molecule has 0 amide bonds. The van der Waals surface area contributed by atoms with Crippen molar-refractivity contribution in [2.45, 2.75) is 0 Å². The van der Waals surface area contributed by atoms with Crippen molar-refractivity contribution in [3.63, 3.8) is 0 Å². The van der Waals surface area contributed by atoms with Gasteiger partial charge in [0, 0.05) is 11.5 Å². The van der Waals surface area contributed by atoms with Crippen molar-refractivity contribution in [3.05, 3.63) is 52.8 Å². The number of carboxylic acids is 2. The topological polar surface area (TPSA) is 122 Å². The van der Waals surface area contributed by atoms with Gasteiger partial charge in [0.1, 0.15) is 23.5 Å². The lowest BCUT2D eigenvalue weighted by molar-refractivity contribution is 0.0684. The first-order valence-corrected chi connectivity index (χ1v) is 7.64. The van der Waals surface area contributed by atoms with Crippen LogP contribution in [0.15, 0.2) is 36.7 Å². The Morgan fingerprint density at radius 3 is 2.54 bits per heavy atom. The molecule has 0 saturated heterocycles. The van der Waals surface area contributed by atoms with E-state index < -0.39 is 11.9 Å². The molecule has 0 spiro atoms. The molecule has 3 aromatic rings. The standard InChI is InChI=1S/C17H12ClN3O5/c1-26-14-6-13(11(18)5-10(14)17(24)25)21-15-9-3-2-8(16(22)23)4-12(9)19-7-20-15/h2-7H,1H3,(H,22,23)(H,24,25)(H,19,20,21). The second kappa shape index (κ2) is 6.85. The molecule has 0 aliphatic rings. The van der Waals surface area contributed by atoms with E-state index in [0.29, 0.717) is 22.4 Å². The van der Waals surface area contributed by atoms with Crippen molar-refractivity contribution in [1.82, 2.24) is 9.97 Å². The minimum Gasteiger partial charge on any atom is -0.496 e. The normalized spacial score (nSPS) is 10.5. The molecule has 26 heavy (non-hydrogen) atoms. The molecule has 8 nitrogen and oxygen atoms in total. The van der Waals surface area contributed by atoms with E-state index in [9.17, 15) is 14.7 Å². The van der Waals surface area contributed by atoms with E-state index in [2.05, 4.69) is 15.3 Å². The van der Waals surface area contributed by atoms with E-state index in [1.165, 1.54) is 37.7 Å². The number of hydrogen-bond acceptors (Lipinski definition) is 6. The number of fused-ring (bicyclic) bond motifs is 1. The van der Waals surface area contributed by atoms with Gasteiger partial charge in [0.25, 0.3) is 0 Å². The van der Waals surface area contributed by atoms with Crippen LogP contribution in [0.25, 0.3) is 10.9 Å². The molecule has 3 rings (SSSR count). The highest BCUT2D eigenvalue weighted by atomic mass is 35.5. The summed E-state index contributed by atoms with van der Waals surface area (Å²) >= 11 is 6.17. The minimum absolute atomic E-state index is 0.0679. The van der Waals surface area contributed by atoms with Crippen molar-refractivity contribution in [1.29, 1.82) is 0 Å². The largest absolute Gasteiger partial charge is 0.496 e. The third-order valence-corrected chi connectivity index (χ3v) is 3.97. The zero-order valence-electron chi connectivity index (χ0n) is 13.4. The Bertz CT molecular complexity index is 1040. The summed E-state index contributed by atoms with van der Waals surface area (Å²) in [5, 5.41) is 22.0. The zero-order valence-corrected chi connectivity index (χ0v) is 14.1. The number of rotatable bonds is 5. The average Bonchev–Trinajstić information content (AvgIpc) is 2.62. The number of carboxylic acid groups (broad SMARTS) is 2. The Morgan fingerprint density at radius 1 is 1.12 bits per heavy atom. The first-order chi connectivity index (χ1) is 12.4. The highest BCUT2D eigenvalue weighted by molar-refractivity contribution is 6.34. The third kappa shape index (κ3) is 3.22. The van der Waals surface area contributed by atoms with E-state index in [4.69, 9.17) is 21.4 Å². The van der Waals surface area contributed by atoms with Gasteiger partial charge in [0.2, 0.25) is 0 Å². The zero-order chi connectivity index (χ0) is 18.8. The number of carbonyl (C=O) groups is 2. The van der Waals surface area contributed by atoms with Gasteiger partial charge in [0.15, 0.2) is 0 Å². The fourth-order valence-electron chi connectivity index (χ4n) is 2.40. The van der Waals surface area contributed by atoms with E-state index >= 15 is 0 Å². The van der Waals surface area contributed by atoms with Gasteiger partial charge in [-0.15, -0.1) is 0 Å². The van der Waals surface area contributed by atoms with E-state index in [1.54, 1.807) is 6.07 Å². The molecule has 1 aromatic heterocycles. The third-order valence-electron chi connectivity index (χ3n) is 3.66. The van der Waals surface area contributed by atoms with Crippen LogP contribution in [-0.4, -0.2) is 39.2 Å². The fourth-order valence-corrected chi connectivity index (χ4v) is 2.61. The average molecular weight is 374 g/mol. The van der Waals surface area contributed by atoms with Crippen molar-refractivity contribution in [2.75, 3.05) is 12.4 Å². The molecular formula is C17H12ClN3O5. The molecule has 0 radical (unpaired) electrons. The van der Waals surface area contributed by atoms with Crippen LogP contribution in [0.5, 0.6) is 5.75 Å². The van der Waals surface area contributed by atoms with E-state index in [0.717, 1.165) is 0 Å². The summed E-state index contributed by atoms with van der Waals surface area (Å²) < 4.78 is 5.09. The SMILES string of the molecule is COc1cc(Nc2ncnc3cc(C(=O)O)ccc23)c(Cl)cc1C(=O)O. The van der Waals surface area contributed by atoms with Gasteiger partial charge in [-0.25, -0.2) is 19.6 Å². The second-order valence-electron chi connectivity index (χ2n) is 5.22. The van der Waals surface area contributed by atoms with Crippen molar-refractivity contribution in [3.8, 4) is 5.75 Å². The quantitative estimate of drug-likeness (QED) is 0.621. The number of aromatic nitrogens is 2. The summed E-state index contributed by atoms with van der Waals surface area (Å²) in [5.74, 6) is -1.70. The molecule has 0 fully saturated rings. The fraction of sp³-hybridized carbons (Fsp3) is 0.0588. The van der Waals surface area contributed by atoms with Crippen LogP contribution in [0.4, 0.5) is 11.5 Å². The van der Waals surface area contributed by atoms with Gasteiger partial charge in [-0.2, -0.15) is 0 Å². The van der Waals surface area contributed by atoms with Crippen molar-refractivity contribution >= 4 is 45.9 Å². The maximum Gasteiger partial charge on any atom is 0.339 e. The Labute approximate surface area is 152 Å². The lowest BCUT2D eigenvalue weighted by atomic mass is 10.1. The summed E-state index contributed by atoms with van der Waals surface area (Å²) in [7, 11) is 1.35. The minimum atomic E-state index is -1.16. The van der Waals surface area contributed by atoms with Crippen LogP contribution in [0.1, 0.15) is 20.7 Å². The lowest BCUT2D eigenvalue weighted by Crippen LogP contribution is -2.03. The van der Waals surface area contributed by atoms with Gasteiger partial charge in [-0.1, -0.05) is 11.6 Å². The van der Waals surface area contributed by atoms with E-state index in [-0.39, 0.29) is 21.9 Å². The number of ether oxygens (including phenoxy) is 1. The molecule has 9 heteroatoms. The van der Waals surface area contributed by atoms with Crippen LogP contribution in [-0.2, 0) is 0 Å². The molecule has 2 aromatic carbocycles. The van der Waals surface area contributed by atoms with Crippen molar-refractivity contribution < 1.29 is 24.5 Å². The van der Waals surface area contributed by atoms with Gasteiger partial charge in [-0.05, 0) is 24.3 Å². The Morgan fingerprint density at radius 2 is 1.88 bits per heavy atom. The van der Waals surface area contributed by atoms with Crippen LogP contribution in [0.2, 0.25) is 5.02 Å². The number of nitrogens with one attached hydrogen (secondary N) is 1. The number of aromatic carboxylic acids is 2. The number of anilines is 2. The number of nitrogens with zero attached hydrogens (tertiary/aromatic N) is 2. The second-order valence-corrected chi connectivity index (χ2v) is 5.63. The first-order valence-electron chi connectivity index (χ1n) is 7.26. The molecule has 3 N–H and O–H groups in total. The lowest BCUT2D eigenvalue weighted by Gasteiger charge is -2.13. The van der Waals surface area contributed by atoms with Crippen molar-refractivity contribution in [2.24, 2.45) is 0 Å². The Balaban J connectivity index is 2.06. The van der Waals surface area contributed by atoms with Crippen LogP contribution in [0, 0.1) is 0 Å². The number of benzene rings is 2.